The predicted molar refractivity (Wildman–Crippen MR) is 111 cm³/mol. The van der Waals surface area contributed by atoms with Crippen LogP contribution in [0.4, 0.5) is 0 Å². The molecule has 4 rings (SSSR count). The summed E-state index contributed by atoms with van der Waals surface area (Å²) in [4.78, 5) is 23.9. The molecule has 0 aliphatic carbocycles. The number of hydrogen-bond donors (Lipinski definition) is 1. The molecule has 0 saturated carbocycles. The summed E-state index contributed by atoms with van der Waals surface area (Å²) in [6.45, 7) is 0.715. The first-order valence-corrected chi connectivity index (χ1v) is 9.54. The second-order valence-corrected chi connectivity index (χ2v) is 7.06. The second kappa shape index (κ2) is 8.22. The van der Waals surface area contributed by atoms with Gasteiger partial charge < -0.3 is 23.9 Å². The largest absolute Gasteiger partial charge is 0.489 e. The summed E-state index contributed by atoms with van der Waals surface area (Å²) in [6, 6.07) is 13.9. The van der Waals surface area contributed by atoms with Crippen LogP contribution in [0.5, 0.6) is 11.5 Å². The Morgan fingerprint density at radius 2 is 1.97 bits per heavy atom. The third kappa shape index (κ3) is 3.65. The topological polar surface area (TPSA) is 87.0 Å². The van der Waals surface area contributed by atoms with Gasteiger partial charge in [-0.05, 0) is 6.07 Å². The molecule has 8 heteroatoms. The van der Waals surface area contributed by atoms with E-state index >= 15 is 0 Å². The molecule has 1 N–H and O–H groups in total. The maximum absolute atomic E-state index is 12.4. The minimum atomic E-state index is -1.30. The zero-order valence-corrected chi connectivity index (χ0v) is 16.8. The highest BCUT2D eigenvalue weighted by Crippen LogP contribution is 2.44. The van der Waals surface area contributed by atoms with Crippen LogP contribution in [-0.2, 0) is 4.74 Å². The number of pyridine rings is 1. The lowest BCUT2D eigenvalue weighted by molar-refractivity contribution is 0.0693. The van der Waals surface area contributed by atoms with Crippen LogP contribution in [-0.4, -0.2) is 36.0 Å². The van der Waals surface area contributed by atoms with E-state index < -0.39 is 17.6 Å². The van der Waals surface area contributed by atoms with Crippen molar-refractivity contribution in [1.82, 2.24) is 4.57 Å². The fourth-order valence-electron chi connectivity index (χ4n) is 3.32. The highest BCUT2D eigenvalue weighted by molar-refractivity contribution is 6.32. The van der Waals surface area contributed by atoms with E-state index in [0.717, 1.165) is 5.56 Å². The molecule has 0 spiro atoms. The SMILES string of the molecule is COCCOc1cc2c(cc1Cl)-c1cc(=O)c(C(=O)O)cn1C(c1ccccc1)O2. The number of fused-ring (bicyclic) bond motifs is 3. The lowest BCUT2D eigenvalue weighted by Crippen LogP contribution is -2.27. The Bertz CT molecular complexity index is 1160. The third-order valence-electron chi connectivity index (χ3n) is 4.74. The van der Waals surface area contributed by atoms with E-state index in [0.29, 0.717) is 41.0 Å². The number of aromatic carboxylic acids is 1. The lowest BCUT2D eigenvalue weighted by atomic mass is 10.0. The number of methoxy groups -OCH3 is 1. The van der Waals surface area contributed by atoms with Gasteiger partial charge in [-0.15, -0.1) is 0 Å². The molecule has 0 bridgehead atoms. The number of rotatable bonds is 6. The van der Waals surface area contributed by atoms with Crippen LogP contribution < -0.4 is 14.9 Å². The number of carbonyl (C=O) groups is 1. The molecule has 1 aromatic heterocycles. The quantitative estimate of drug-likeness (QED) is 0.601. The normalized spacial score (nSPS) is 14.4. The number of aromatic nitrogens is 1. The van der Waals surface area contributed by atoms with Crippen molar-refractivity contribution in [1.29, 1.82) is 0 Å². The van der Waals surface area contributed by atoms with Gasteiger partial charge in [0.1, 0.15) is 23.7 Å². The Labute approximate surface area is 177 Å². The van der Waals surface area contributed by atoms with E-state index in [9.17, 15) is 14.7 Å². The average Bonchev–Trinajstić information content (AvgIpc) is 2.74. The number of carboxylic acid groups (broad SMARTS) is 1. The molecule has 1 unspecified atom stereocenters. The summed E-state index contributed by atoms with van der Waals surface area (Å²) in [5.74, 6) is -0.395. The van der Waals surface area contributed by atoms with Crippen molar-refractivity contribution >= 4 is 17.6 Å². The van der Waals surface area contributed by atoms with Crippen LogP contribution in [0.25, 0.3) is 11.3 Å². The first kappa shape index (κ1) is 20.0. The van der Waals surface area contributed by atoms with Crippen molar-refractivity contribution in [3.05, 3.63) is 81.1 Å². The van der Waals surface area contributed by atoms with Crippen molar-refractivity contribution in [3.8, 4) is 22.8 Å². The maximum atomic E-state index is 12.4. The van der Waals surface area contributed by atoms with E-state index in [4.69, 9.17) is 25.8 Å². The minimum Gasteiger partial charge on any atom is -0.489 e. The molecule has 3 aromatic rings. The number of ether oxygens (including phenoxy) is 3. The number of nitrogens with zero attached hydrogens (tertiary/aromatic N) is 1. The van der Waals surface area contributed by atoms with Crippen molar-refractivity contribution in [2.45, 2.75) is 6.23 Å². The second-order valence-electron chi connectivity index (χ2n) is 6.65. The minimum absolute atomic E-state index is 0.315. The zero-order valence-electron chi connectivity index (χ0n) is 16.0. The van der Waals surface area contributed by atoms with Crippen molar-refractivity contribution in [2.75, 3.05) is 20.3 Å². The van der Waals surface area contributed by atoms with Gasteiger partial charge in [0.15, 0.2) is 5.43 Å². The molecular weight excluding hydrogens is 410 g/mol. The molecule has 1 aliphatic heterocycles. The lowest BCUT2D eigenvalue weighted by Gasteiger charge is -2.32. The first-order chi connectivity index (χ1) is 14.5. The zero-order chi connectivity index (χ0) is 21.3. The van der Waals surface area contributed by atoms with Gasteiger partial charge >= 0.3 is 5.97 Å². The van der Waals surface area contributed by atoms with Gasteiger partial charge in [0.2, 0.25) is 6.23 Å². The molecule has 0 saturated heterocycles. The van der Waals surface area contributed by atoms with Crippen molar-refractivity contribution in [3.63, 3.8) is 0 Å². The monoisotopic (exact) mass is 427 g/mol. The van der Waals surface area contributed by atoms with Crippen LogP contribution in [0.1, 0.15) is 22.1 Å². The van der Waals surface area contributed by atoms with E-state index in [-0.39, 0.29) is 5.56 Å². The van der Waals surface area contributed by atoms with Crippen LogP contribution in [0.3, 0.4) is 0 Å². The van der Waals surface area contributed by atoms with Gasteiger partial charge in [-0.25, -0.2) is 4.79 Å². The summed E-state index contributed by atoms with van der Waals surface area (Å²) < 4.78 is 18.5. The number of hydrogen-bond acceptors (Lipinski definition) is 5. The summed E-state index contributed by atoms with van der Waals surface area (Å²) in [5.41, 5.74) is 0.939. The van der Waals surface area contributed by atoms with Gasteiger partial charge in [-0.2, -0.15) is 0 Å². The highest BCUT2D eigenvalue weighted by Gasteiger charge is 2.29. The summed E-state index contributed by atoms with van der Waals surface area (Å²) in [6.07, 6.45) is 0.637. The smallest absolute Gasteiger partial charge is 0.341 e. The number of carboxylic acids is 1. The van der Waals surface area contributed by atoms with Crippen molar-refractivity contribution < 1.29 is 24.1 Å². The van der Waals surface area contributed by atoms with Gasteiger partial charge in [-0.3, -0.25) is 4.79 Å². The van der Waals surface area contributed by atoms with Gasteiger partial charge in [0, 0.05) is 36.6 Å². The standard InChI is InChI=1S/C22H18ClNO6/c1-28-7-8-29-20-11-19-14(9-16(20)23)17-10-18(25)15(22(26)27)12-24(17)21(30-19)13-5-3-2-4-6-13/h2-6,9-12,21H,7-8H2,1H3,(H,26,27). The van der Waals surface area contributed by atoms with E-state index in [2.05, 4.69) is 0 Å². The highest BCUT2D eigenvalue weighted by atomic mass is 35.5. The molecule has 1 aliphatic rings. The van der Waals surface area contributed by atoms with Gasteiger partial charge in [-0.1, -0.05) is 41.9 Å². The van der Waals surface area contributed by atoms with E-state index in [1.807, 2.05) is 30.3 Å². The fourth-order valence-corrected chi connectivity index (χ4v) is 3.54. The fraction of sp³-hybridized carbons (Fsp3) is 0.182. The first-order valence-electron chi connectivity index (χ1n) is 9.16. The molecule has 30 heavy (non-hydrogen) atoms. The average molecular weight is 428 g/mol. The van der Waals surface area contributed by atoms with Crippen molar-refractivity contribution in [2.24, 2.45) is 0 Å². The summed E-state index contributed by atoms with van der Waals surface area (Å²) >= 11 is 6.38. The molecule has 7 nitrogen and oxygen atoms in total. The molecule has 2 heterocycles. The molecule has 0 amide bonds. The van der Waals surface area contributed by atoms with Gasteiger partial charge in [0.25, 0.3) is 0 Å². The number of benzene rings is 2. The maximum Gasteiger partial charge on any atom is 0.341 e. The third-order valence-corrected chi connectivity index (χ3v) is 5.04. The Hall–Kier alpha value is -3.29. The molecular formula is C22H18ClNO6. The molecule has 154 valence electrons. The van der Waals surface area contributed by atoms with Crippen LogP contribution in [0.2, 0.25) is 5.02 Å². The molecule has 0 fully saturated rings. The van der Waals surface area contributed by atoms with E-state index in [1.165, 1.54) is 12.3 Å². The summed E-state index contributed by atoms with van der Waals surface area (Å²) in [7, 11) is 1.57. The molecule has 2 aromatic carbocycles. The molecule has 1 atom stereocenters. The Morgan fingerprint density at radius 3 is 2.67 bits per heavy atom. The van der Waals surface area contributed by atoms with Crippen LogP contribution in [0.15, 0.2) is 59.5 Å². The van der Waals surface area contributed by atoms with Crippen LogP contribution >= 0.6 is 11.6 Å². The molecule has 0 radical (unpaired) electrons. The van der Waals surface area contributed by atoms with Crippen LogP contribution in [0, 0.1) is 0 Å². The Morgan fingerprint density at radius 1 is 1.20 bits per heavy atom. The summed E-state index contributed by atoms with van der Waals surface area (Å²) in [5, 5.41) is 9.74. The predicted octanol–water partition coefficient (Wildman–Crippen LogP) is 3.83. The van der Waals surface area contributed by atoms with E-state index in [1.54, 1.807) is 23.8 Å². The Balaban J connectivity index is 1.89. The van der Waals surface area contributed by atoms with Gasteiger partial charge in [0.05, 0.1) is 17.3 Å². The Kier molecular flexibility index (Phi) is 5.48. The number of halogens is 1.